The number of nitrogens with one attached hydrogen (secondary N) is 2. The molecule has 1 heterocycles. The first-order valence-corrected chi connectivity index (χ1v) is 10.4. The molecular formula is C19H20N2O7S. The Morgan fingerprint density at radius 2 is 1.83 bits per heavy atom. The summed E-state index contributed by atoms with van der Waals surface area (Å²) in [6, 6.07) is 8.64. The van der Waals surface area contributed by atoms with E-state index in [-0.39, 0.29) is 17.6 Å². The van der Waals surface area contributed by atoms with E-state index in [1.54, 1.807) is 24.3 Å². The van der Waals surface area contributed by atoms with Crippen LogP contribution in [0.5, 0.6) is 0 Å². The lowest BCUT2D eigenvalue weighted by atomic mass is 10.1. The number of Topliss-reactive ketones (excluding diaryl/α,β-unsaturated/α-hetero) is 1. The number of amides is 1. The molecule has 1 unspecified atom stereocenters. The molecule has 0 spiro atoms. The molecule has 10 heteroatoms. The van der Waals surface area contributed by atoms with Crippen molar-refractivity contribution in [1.29, 1.82) is 0 Å². The second-order valence-electron chi connectivity index (χ2n) is 6.65. The summed E-state index contributed by atoms with van der Waals surface area (Å²) in [4.78, 5) is 36.1. The minimum atomic E-state index is -3.84. The Bertz CT molecular complexity index is 1050. The minimum Gasteiger partial charge on any atom is -0.447 e. The monoisotopic (exact) mass is 420 g/mol. The number of anilines is 1. The summed E-state index contributed by atoms with van der Waals surface area (Å²) in [5.74, 6) is -2.21. The van der Waals surface area contributed by atoms with E-state index >= 15 is 0 Å². The number of furan rings is 1. The van der Waals surface area contributed by atoms with Crippen LogP contribution < -0.4 is 10.0 Å². The molecule has 0 aliphatic heterocycles. The number of carbonyl (C=O) groups excluding carboxylic acids is 3. The first kappa shape index (κ1) is 20.7. The van der Waals surface area contributed by atoms with Gasteiger partial charge >= 0.3 is 5.97 Å². The van der Waals surface area contributed by atoms with Crippen LogP contribution in [0.2, 0.25) is 0 Å². The summed E-state index contributed by atoms with van der Waals surface area (Å²) in [7, 11) is -3.84. The largest absolute Gasteiger partial charge is 0.447 e. The van der Waals surface area contributed by atoms with Crippen molar-refractivity contribution in [1.82, 2.24) is 4.72 Å². The number of hydrogen-bond donors (Lipinski definition) is 2. The Balaban J connectivity index is 1.63. The quantitative estimate of drug-likeness (QED) is 0.494. The number of hydrogen-bond acceptors (Lipinski definition) is 7. The molecule has 1 fully saturated rings. The molecule has 1 aliphatic carbocycles. The first-order valence-electron chi connectivity index (χ1n) is 8.91. The lowest BCUT2D eigenvalue weighted by Crippen LogP contribution is -2.30. The molecule has 0 radical (unpaired) electrons. The van der Waals surface area contributed by atoms with Gasteiger partial charge in [-0.3, -0.25) is 9.59 Å². The summed E-state index contributed by atoms with van der Waals surface area (Å²) < 4.78 is 36.7. The lowest BCUT2D eigenvalue weighted by molar-refractivity contribution is -0.123. The number of benzene rings is 1. The highest BCUT2D eigenvalue weighted by molar-refractivity contribution is 7.89. The van der Waals surface area contributed by atoms with E-state index < -0.39 is 33.1 Å². The molecule has 0 saturated heterocycles. The normalized spacial score (nSPS) is 14.8. The average Bonchev–Trinajstić information content (AvgIpc) is 3.31. The maximum Gasteiger partial charge on any atom is 0.375 e. The van der Waals surface area contributed by atoms with Crippen molar-refractivity contribution in [2.75, 3.05) is 5.32 Å². The Kier molecular flexibility index (Phi) is 5.85. The number of esters is 1. The van der Waals surface area contributed by atoms with Crippen LogP contribution in [0.15, 0.2) is 45.9 Å². The number of sulfonamides is 1. The Labute approximate surface area is 167 Å². The second kappa shape index (κ2) is 8.18. The summed E-state index contributed by atoms with van der Waals surface area (Å²) in [5, 5.41) is 2.13. The van der Waals surface area contributed by atoms with E-state index in [2.05, 4.69) is 10.0 Å². The summed E-state index contributed by atoms with van der Waals surface area (Å²) in [6.07, 6.45) is 0.305. The van der Waals surface area contributed by atoms with Gasteiger partial charge in [-0.1, -0.05) is 12.1 Å². The summed E-state index contributed by atoms with van der Waals surface area (Å²) >= 11 is 0. The van der Waals surface area contributed by atoms with Crippen LogP contribution in [0.4, 0.5) is 5.69 Å². The smallest absolute Gasteiger partial charge is 0.375 e. The zero-order valence-corrected chi connectivity index (χ0v) is 16.6. The fourth-order valence-corrected chi connectivity index (χ4v) is 3.70. The van der Waals surface area contributed by atoms with Gasteiger partial charge in [0.1, 0.15) is 0 Å². The van der Waals surface area contributed by atoms with Crippen LogP contribution in [-0.4, -0.2) is 38.2 Å². The van der Waals surface area contributed by atoms with E-state index in [4.69, 9.17) is 9.15 Å². The fourth-order valence-electron chi connectivity index (χ4n) is 2.46. The SMILES string of the molecule is CC(=O)c1ccccc1NC(=O)C(C)OC(=O)c1ccc(S(=O)(=O)NC2CC2)o1. The molecule has 1 atom stereocenters. The Hall–Kier alpha value is -2.98. The van der Waals surface area contributed by atoms with Crippen LogP contribution in [0, 0.1) is 0 Å². The van der Waals surface area contributed by atoms with Crippen molar-refractivity contribution >= 4 is 33.4 Å². The van der Waals surface area contributed by atoms with Gasteiger partial charge in [0.15, 0.2) is 11.9 Å². The molecule has 1 saturated carbocycles. The maximum atomic E-state index is 12.3. The lowest BCUT2D eigenvalue weighted by Gasteiger charge is -2.14. The van der Waals surface area contributed by atoms with Crippen LogP contribution >= 0.6 is 0 Å². The van der Waals surface area contributed by atoms with Crippen molar-refractivity contribution < 1.29 is 32.0 Å². The predicted molar refractivity (Wildman–Crippen MR) is 102 cm³/mol. The van der Waals surface area contributed by atoms with Crippen molar-refractivity contribution in [2.45, 2.75) is 43.9 Å². The molecule has 2 aromatic rings. The summed E-state index contributed by atoms with van der Waals surface area (Å²) in [6.45, 7) is 2.72. The zero-order chi connectivity index (χ0) is 21.2. The van der Waals surface area contributed by atoms with E-state index in [0.29, 0.717) is 11.3 Å². The molecule has 3 rings (SSSR count). The third-order valence-corrected chi connectivity index (χ3v) is 5.56. The van der Waals surface area contributed by atoms with Crippen molar-refractivity contribution in [2.24, 2.45) is 0 Å². The molecular weight excluding hydrogens is 400 g/mol. The standard InChI is InChI=1S/C19H20N2O7S/c1-11(22)14-5-3-4-6-15(14)20-18(23)12(2)27-19(24)16-9-10-17(28-16)29(25,26)21-13-7-8-13/h3-6,9-10,12-13,21H,7-8H2,1-2H3,(H,20,23). The van der Waals surface area contributed by atoms with Crippen LogP contribution in [0.3, 0.4) is 0 Å². The topological polar surface area (TPSA) is 132 Å². The highest BCUT2D eigenvalue weighted by Gasteiger charge is 2.31. The number of ketones is 1. The van der Waals surface area contributed by atoms with Gasteiger partial charge in [0.2, 0.25) is 10.9 Å². The van der Waals surface area contributed by atoms with Gasteiger partial charge in [-0.25, -0.2) is 17.9 Å². The van der Waals surface area contributed by atoms with Gasteiger partial charge in [-0.05, 0) is 51.0 Å². The van der Waals surface area contributed by atoms with Crippen molar-refractivity contribution in [3.63, 3.8) is 0 Å². The van der Waals surface area contributed by atoms with Gasteiger partial charge in [0.25, 0.3) is 15.9 Å². The fraction of sp³-hybridized carbons (Fsp3) is 0.316. The molecule has 9 nitrogen and oxygen atoms in total. The number of carbonyl (C=O) groups is 3. The van der Waals surface area contributed by atoms with Gasteiger partial charge in [0, 0.05) is 11.6 Å². The molecule has 29 heavy (non-hydrogen) atoms. The van der Waals surface area contributed by atoms with Crippen LogP contribution in [-0.2, 0) is 19.6 Å². The van der Waals surface area contributed by atoms with Gasteiger partial charge in [-0.2, -0.15) is 0 Å². The molecule has 1 amide bonds. The van der Waals surface area contributed by atoms with Gasteiger partial charge < -0.3 is 14.5 Å². The molecule has 1 aromatic carbocycles. The van der Waals surface area contributed by atoms with Crippen LogP contribution in [0.1, 0.15) is 47.6 Å². The maximum absolute atomic E-state index is 12.3. The Morgan fingerprint density at radius 1 is 1.14 bits per heavy atom. The minimum absolute atomic E-state index is 0.109. The summed E-state index contributed by atoms with van der Waals surface area (Å²) in [5.41, 5.74) is 0.619. The number of ether oxygens (including phenoxy) is 1. The van der Waals surface area contributed by atoms with Gasteiger partial charge in [-0.15, -0.1) is 0 Å². The zero-order valence-electron chi connectivity index (χ0n) is 15.8. The molecule has 2 N–H and O–H groups in total. The van der Waals surface area contributed by atoms with E-state index in [9.17, 15) is 22.8 Å². The second-order valence-corrected chi connectivity index (χ2v) is 8.30. The van der Waals surface area contributed by atoms with Crippen LogP contribution in [0.25, 0.3) is 0 Å². The third-order valence-electron chi connectivity index (χ3n) is 4.16. The predicted octanol–water partition coefficient (Wildman–Crippen LogP) is 2.11. The average molecular weight is 420 g/mol. The Morgan fingerprint density at radius 3 is 2.48 bits per heavy atom. The molecule has 1 aliphatic rings. The highest BCUT2D eigenvalue weighted by atomic mass is 32.2. The highest BCUT2D eigenvalue weighted by Crippen LogP contribution is 2.23. The third kappa shape index (κ3) is 5.09. The van der Waals surface area contributed by atoms with Crippen molar-refractivity contribution in [3.05, 3.63) is 47.7 Å². The van der Waals surface area contributed by atoms with Gasteiger partial charge in [0.05, 0.1) is 5.69 Å². The van der Waals surface area contributed by atoms with E-state index in [1.165, 1.54) is 19.9 Å². The van der Waals surface area contributed by atoms with E-state index in [1.807, 2.05) is 0 Å². The number of para-hydroxylation sites is 1. The first-order chi connectivity index (χ1) is 13.7. The molecule has 0 bridgehead atoms. The molecule has 1 aromatic heterocycles. The number of rotatable bonds is 8. The van der Waals surface area contributed by atoms with E-state index in [0.717, 1.165) is 18.9 Å². The molecule has 154 valence electrons. The van der Waals surface area contributed by atoms with Crippen molar-refractivity contribution in [3.8, 4) is 0 Å².